The maximum atomic E-state index is 12.3. The van der Waals surface area contributed by atoms with Crippen LogP contribution in [0.25, 0.3) is 11.0 Å². The van der Waals surface area contributed by atoms with Gasteiger partial charge in [-0.05, 0) is 43.1 Å². The van der Waals surface area contributed by atoms with Crippen molar-refractivity contribution in [3.05, 3.63) is 17.7 Å². The van der Waals surface area contributed by atoms with E-state index in [1.807, 2.05) is 19.9 Å². The summed E-state index contributed by atoms with van der Waals surface area (Å²) in [6.07, 6.45) is 1.55. The van der Waals surface area contributed by atoms with Crippen molar-refractivity contribution in [2.75, 3.05) is 0 Å². The van der Waals surface area contributed by atoms with Gasteiger partial charge < -0.3 is 9.84 Å². The third-order valence-corrected chi connectivity index (χ3v) is 4.96. The average molecular weight is 302 g/mol. The highest BCUT2D eigenvalue weighted by Gasteiger charge is 2.48. The molecule has 6 heteroatoms. The molecular formula is C16H18N2O4. The predicted octanol–water partition coefficient (Wildman–Crippen LogP) is 2.21. The number of hydrogen-bond acceptors (Lipinski definition) is 6. The molecule has 1 saturated carbocycles. The molecule has 0 spiro atoms. The molecule has 6 nitrogen and oxygen atoms in total. The monoisotopic (exact) mass is 302 g/mol. The molecule has 1 aliphatic heterocycles. The molecule has 0 bridgehead atoms. The summed E-state index contributed by atoms with van der Waals surface area (Å²) in [5.41, 5.74) is 1.30. The molecule has 4 rings (SSSR count). The van der Waals surface area contributed by atoms with Crippen LogP contribution >= 0.6 is 0 Å². The lowest BCUT2D eigenvalue weighted by molar-refractivity contribution is -0.125. The second kappa shape index (κ2) is 4.52. The molecule has 1 fully saturated rings. The van der Waals surface area contributed by atoms with Crippen LogP contribution in [0.2, 0.25) is 0 Å². The first-order valence-electron chi connectivity index (χ1n) is 7.63. The molecule has 116 valence electrons. The minimum absolute atomic E-state index is 0.158. The van der Waals surface area contributed by atoms with Crippen molar-refractivity contribution in [3.63, 3.8) is 0 Å². The Morgan fingerprint density at radius 1 is 1.27 bits per heavy atom. The first-order chi connectivity index (χ1) is 10.5. The van der Waals surface area contributed by atoms with Gasteiger partial charge in [-0.15, -0.1) is 0 Å². The molecule has 2 aromatic rings. The Kier molecular flexibility index (Phi) is 2.81. The van der Waals surface area contributed by atoms with E-state index in [2.05, 4.69) is 10.3 Å². The lowest BCUT2D eigenvalue weighted by atomic mass is 9.73. The lowest BCUT2D eigenvalue weighted by Gasteiger charge is -2.43. The van der Waals surface area contributed by atoms with Gasteiger partial charge in [0, 0.05) is 29.9 Å². The number of benzene rings is 1. The molecule has 2 heterocycles. The number of aliphatic hydroxyl groups excluding tert-OH is 1. The summed E-state index contributed by atoms with van der Waals surface area (Å²) in [6.45, 7) is 3.69. The Morgan fingerprint density at radius 3 is 2.68 bits per heavy atom. The van der Waals surface area contributed by atoms with E-state index in [0.29, 0.717) is 23.2 Å². The van der Waals surface area contributed by atoms with E-state index in [9.17, 15) is 9.90 Å². The standard InChI is InChI=1S/C16H18N2O4/c1-16(2)15(20)14(8-4-3-5-12(8)19)9-6-10-11(18-22-17-10)7-13(9)21-16/h6-8,14-15,20H,3-5H2,1-2H3/t8?,14?,15-/m0/s1. The van der Waals surface area contributed by atoms with Crippen molar-refractivity contribution in [2.45, 2.75) is 50.7 Å². The van der Waals surface area contributed by atoms with Gasteiger partial charge in [0.1, 0.15) is 34.3 Å². The zero-order valence-corrected chi connectivity index (χ0v) is 12.6. The Labute approximate surface area is 127 Å². The molecule has 0 amide bonds. The molecule has 1 aromatic heterocycles. The molecule has 0 saturated heterocycles. The second-order valence-corrected chi connectivity index (χ2v) is 6.78. The minimum atomic E-state index is -0.759. The first-order valence-corrected chi connectivity index (χ1v) is 7.63. The number of fused-ring (bicyclic) bond motifs is 2. The largest absolute Gasteiger partial charge is 0.485 e. The maximum Gasteiger partial charge on any atom is 0.138 e. The van der Waals surface area contributed by atoms with Gasteiger partial charge in [0.15, 0.2) is 0 Å². The van der Waals surface area contributed by atoms with Crippen LogP contribution in [0.4, 0.5) is 0 Å². The Hall–Kier alpha value is -1.95. The zero-order chi connectivity index (χ0) is 15.5. The summed E-state index contributed by atoms with van der Waals surface area (Å²) >= 11 is 0. The molecule has 1 aromatic carbocycles. The van der Waals surface area contributed by atoms with Crippen LogP contribution in [0.3, 0.4) is 0 Å². The van der Waals surface area contributed by atoms with Crippen LogP contribution in [0, 0.1) is 5.92 Å². The summed E-state index contributed by atoms with van der Waals surface area (Å²) in [6, 6.07) is 3.61. The van der Waals surface area contributed by atoms with Crippen LogP contribution in [0.5, 0.6) is 5.75 Å². The number of carbonyl (C=O) groups is 1. The quantitative estimate of drug-likeness (QED) is 0.869. The highest BCUT2D eigenvalue weighted by Crippen LogP contribution is 2.48. The molecule has 1 aliphatic carbocycles. The van der Waals surface area contributed by atoms with Gasteiger partial charge in [-0.1, -0.05) is 0 Å². The highest BCUT2D eigenvalue weighted by molar-refractivity contribution is 5.85. The van der Waals surface area contributed by atoms with Crippen molar-refractivity contribution in [1.29, 1.82) is 0 Å². The molecule has 22 heavy (non-hydrogen) atoms. The van der Waals surface area contributed by atoms with Gasteiger partial charge >= 0.3 is 0 Å². The summed E-state index contributed by atoms with van der Waals surface area (Å²) in [4.78, 5) is 12.3. The Morgan fingerprint density at radius 2 is 2.00 bits per heavy atom. The van der Waals surface area contributed by atoms with E-state index < -0.39 is 11.7 Å². The SMILES string of the molecule is CC1(C)Oc2cc3nonc3cc2C(C2CCCC2=O)[C@@H]1O. The van der Waals surface area contributed by atoms with E-state index in [4.69, 9.17) is 9.37 Å². The number of ether oxygens (including phenoxy) is 1. The third kappa shape index (κ3) is 1.86. The summed E-state index contributed by atoms with van der Waals surface area (Å²) in [7, 11) is 0. The van der Waals surface area contributed by atoms with Gasteiger partial charge in [0.2, 0.25) is 0 Å². The number of hydrogen-bond donors (Lipinski definition) is 1. The number of nitrogens with zero attached hydrogens (tertiary/aromatic N) is 2. The predicted molar refractivity (Wildman–Crippen MR) is 77.6 cm³/mol. The van der Waals surface area contributed by atoms with Crippen molar-refractivity contribution in [3.8, 4) is 5.75 Å². The van der Waals surface area contributed by atoms with E-state index in [0.717, 1.165) is 18.4 Å². The Balaban J connectivity index is 1.90. The molecule has 2 aliphatic rings. The summed E-state index contributed by atoms with van der Waals surface area (Å²) in [5, 5.41) is 18.5. The van der Waals surface area contributed by atoms with Crippen LogP contribution in [-0.2, 0) is 4.79 Å². The van der Waals surface area contributed by atoms with Gasteiger partial charge in [0.05, 0.1) is 0 Å². The lowest BCUT2D eigenvalue weighted by Crippen LogP contribution is -2.51. The molecule has 1 N–H and O–H groups in total. The van der Waals surface area contributed by atoms with Crippen molar-refractivity contribution in [2.24, 2.45) is 5.92 Å². The topological polar surface area (TPSA) is 85.5 Å². The van der Waals surface area contributed by atoms with Crippen molar-refractivity contribution in [1.82, 2.24) is 10.3 Å². The summed E-state index contributed by atoms with van der Waals surface area (Å²) in [5.74, 6) is 0.457. The normalized spacial score (nSPS) is 30.3. The van der Waals surface area contributed by atoms with Gasteiger partial charge in [0.25, 0.3) is 0 Å². The highest BCUT2D eigenvalue weighted by atomic mass is 16.6. The fourth-order valence-electron chi connectivity index (χ4n) is 3.78. The third-order valence-electron chi connectivity index (χ3n) is 4.96. The maximum absolute atomic E-state index is 12.3. The van der Waals surface area contributed by atoms with E-state index in [1.54, 1.807) is 6.07 Å². The number of aromatic nitrogens is 2. The Bertz CT molecular complexity index is 752. The van der Waals surface area contributed by atoms with Crippen molar-refractivity contribution >= 4 is 16.8 Å². The molecule has 0 radical (unpaired) electrons. The van der Waals surface area contributed by atoms with Gasteiger partial charge in [-0.25, -0.2) is 4.63 Å². The molecule has 2 unspecified atom stereocenters. The number of rotatable bonds is 1. The first kappa shape index (κ1) is 13.7. The van der Waals surface area contributed by atoms with Gasteiger partial charge in [-0.3, -0.25) is 4.79 Å². The van der Waals surface area contributed by atoms with Crippen LogP contribution in [0.15, 0.2) is 16.8 Å². The summed E-state index contributed by atoms with van der Waals surface area (Å²) < 4.78 is 10.7. The number of ketones is 1. The van der Waals surface area contributed by atoms with Crippen LogP contribution in [0.1, 0.15) is 44.6 Å². The van der Waals surface area contributed by atoms with Crippen LogP contribution < -0.4 is 4.74 Å². The van der Waals surface area contributed by atoms with E-state index >= 15 is 0 Å². The average Bonchev–Trinajstić information content (AvgIpc) is 3.07. The van der Waals surface area contributed by atoms with E-state index in [1.165, 1.54) is 0 Å². The molecule has 3 atom stereocenters. The number of aliphatic hydroxyl groups is 1. The fraction of sp³-hybridized carbons (Fsp3) is 0.562. The smallest absolute Gasteiger partial charge is 0.138 e. The minimum Gasteiger partial charge on any atom is -0.485 e. The molecular weight excluding hydrogens is 284 g/mol. The second-order valence-electron chi connectivity index (χ2n) is 6.78. The number of carbonyl (C=O) groups excluding carboxylic acids is 1. The van der Waals surface area contributed by atoms with Crippen LogP contribution in [-0.4, -0.2) is 32.9 Å². The van der Waals surface area contributed by atoms with Crippen molar-refractivity contribution < 1.29 is 19.3 Å². The fourth-order valence-corrected chi connectivity index (χ4v) is 3.78. The van der Waals surface area contributed by atoms with E-state index in [-0.39, 0.29) is 17.6 Å². The number of Topliss-reactive ketones (excluding diaryl/α,β-unsaturated/α-hetero) is 1. The zero-order valence-electron chi connectivity index (χ0n) is 12.6. The van der Waals surface area contributed by atoms with Gasteiger partial charge in [-0.2, -0.15) is 0 Å².